The van der Waals surface area contributed by atoms with Gasteiger partial charge in [0, 0.05) is 7.05 Å². The topological polar surface area (TPSA) is 57.7 Å². The quantitative estimate of drug-likeness (QED) is 0.745. The predicted molar refractivity (Wildman–Crippen MR) is 91.7 cm³/mol. The Hall–Kier alpha value is -2.87. The van der Waals surface area contributed by atoms with E-state index in [1.54, 1.807) is 12.1 Å². The first-order valence-corrected chi connectivity index (χ1v) is 8.07. The molecule has 1 aliphatic heterocycles. The Balaban J connectivity index is 1.84. The van der Waals surface area contributed by atoms with Crippen LogP contribution in [-0.4, -0.2) is 36.2 Å². The van der Waals surface area contributed by atoms with E-state index >= 15 is 0 Å². The van der Waals surface area contributed by atoms with Gasteiger partial charge in [0.15, 0.2) is 0 Å². The Bertz CT molecular complexity index is 924. The number of alkyl halides is 3. The summed E-state index contributed by atoms with van der Waals surface area (Å²) in [6, 6.07) is 8.68. The largest absolute Gasteiger partial charge is 0.416 e. The lowest BCUT2D eigenvalue weighted by Crippen LogP contribution is -2.41. The molecular formula is C18H12ClF3N2O3. The number of imide groups is 1. The lowest BCUT2D eigenvalue weighted by atomic mass is 10.1. The highest BCUT2D eigenvalue weighted by molar-refractivity contribution is 6.34. The highest BCUT2D eigenvalue weighted by atomic mass is 35.5. The van der Waals surface area contributed by atoms with Crippen LogP contribution in [0.5, 0.6) is 0 Å². The third kappa shape index (κ3) is 3.40. The maximum Gasteiger partial charge on any atom is 0.416 e. The Labute approximate surface area is 156 Å². The normalized spacial score (nSPS) is 13.7. The molecule has 0 saturated carbocycles. The summed E-state index contributed by atoms with van der Waals surface area (Å²) in [6.45, 7) is -0.616. The number of carbonyl (C=O) groups is 3. The maximum atomic E-state index is 12.9. The minimum Gasteiger partial charge on any atom is -0.312 e. The van der Waals surface area contributed by atoms with Gasteiger partial charge < -0.3 is 4.90 Å². The van der Waals surface area contributed by atoms with Crippen molar-refractivity contribution >= 4 is 35.0 Å². The minimum atomic E-state index is -4.61. The third-order valence-electron chi connectivity index (χ3n) is 4.18. The van der Waals surface area contributed by atoms with E-state index in [0.29, 0.717) is 0 Å². The molecule has 0 unspecified atom stereocenters. The van der Waals surface area contributed by atoms with Crippen molar-refractivity contribution in [3.8, 4) is 0 Å². The summed E-state index contributed by atoms with van der Waals surface area (Å²) >= 11 is 5.92. The molecule has 2 aromatic rings. The van der Waals surface area contributed by atoms with E-state index in [9.17, 15) is 27.6 Å². The van der Waals surface area contributed by atoms with Crippen LogP contribution in [0.3, 0.4) is 0 Å². The number of carbonyl (C=O) groups excluding carboxylic acids is 3. The first-order chi connectivity index (χ1) is 12.6. The molecule has 0 aliphatic carbocycles. The predicted octanol–water partition coefficient (Wildman–Crippen LogP) is 3.62. The number of fused-ring (bicyclic) bond motifs is 1. The molecule has 0 spiro atoms. The van der Waals surface area contributed by atoms with Crippen LogP contribution in [0.4, 0.5) is 18.9 Å². The van der Waals surface area contributed by atoms with Gasteiger partial charge in [0.1, 0.15) is 6.54 Å². The summed E-state index contributed by atoms with van der Waals surface area (Å²) in [5.41, 5.74) is -0.791. The SMILES string of the molecule is CN(C(=O)CN1C(=O)c2ccccc2C1=O)c1cc(C(F)(F)F)ccc1Cl. The van der Waals surface area contributed by atoms with Gasteiger partial charge >= 0.3 is 6.18 Å². The second-order valence-corrected chi connectivity index (χ2v) is 6.27. The molecule has 0 radical (unpaired) electrons. The summed E-state index contributed by atoms with van der Waals surface area (Å²) in [5.74, 6) is -2.02. The molecule has 0 aromatic heterocycles. The van der Waals surface area contributed by atoms with Crippen LogP contribution in [0.1, 0.15) is 26.3 Å². The van der Waals surface area contributed by atoms with E-state index in [0.717, 1.165) is 28.0 Å². The minimum absolute atomic E-state index is 0.0683. The molecule has 3 amide bonds. The molecule has 0 atom stereocenters. The third-order valence-corrected chi connectivity index (χ3v) is 4.50. The number of nitrogens with zero attached hydrogens (tertiary/aromatic N) is 2. The van der Waals surface area contributed by atoms with Gasteiger partial charge in [-0.15, -0.1) is 0 Å². The van der Waals surface area contributed by atoms with Crippen LogP contribution in [0.2, 0.25) is 5.02 Å². The molecular weight excluding hydrogens is 385 g/mol. The van der Waals surface area contributed by atoms with Crippen molar-refractivity contribution in [3.05, 3.63) is 64.2 Å². The van der Waals surface area contributed by atoms with Crippen LogP contribution in [0, 0.1) is 0 Å². The van der Waals surface area contributed by atoms with Crippen molar-refractivity contribution in [1.29, 1.82) is 0 Å². The molecule has 140 valence electrons. The Kier molecular flexibility index (Phi) is 4.69. The summed E-state index contributed by atoms with van der Waals surface area (Å²) < 4.78 is 38.7. The van der Waals surface area contributed by atoms with E-state index in [1.807, 2.05) is 0 Å². The fourth-order valence-electron chi connectivity index (χ4n) is 2.70. The van der Waals surface area contributed by atoms with Crippen molar-refractivity contribution in [2.45, 2.75) is 6.18 Å². The molecule has 3 rings (SSSR count). The number of hydrogen-bond acceptors (Lipinski definition) is 3. The maximum absolute atomic E-state index is 12.9. The molecule has 0 bridgehead atoms. The average molecular weight is 397 g/mol. The molecule has 1 heterocycles. The number of benzene rings is 2. The van der Waals surface area contributed by atoms with E-state index in [1.165, 1.54) is 19.2 Å². The molecule has 27 heavy (non-hydrogen) atoms. The Morgan fingerprint density at radius 2 is 1.63 bits per heavy atom. The van der Waals surface area contributed by atoms with Crippen LogP contribution < -0.4 is 4.90 Å². The van der Waals surface area contributed by atoms with E-state index < -0.39 is 36.0 Å². The van der Waals surface area contributed by atoms with Crippen molar-refractivity contribution in [1.82, 2.24) is 4.90 Å². The number of anilines is 1. The van der Waals surface area contributed by atoms with Crippen molar-refractivity contribution < 1.29 is 27.6 Å². The second kappa shape index (κ2) is 6.70. The van der Waals surface area contributed by atoms with Gasteiger partial charge in [-0.1, -0.05) is 23.7 Å². The zero-order valence-electron chi connectivity index (χ0n) is 13.9. The van der Waals surface area contributed by atoms with Crippen molar-refractivity contribution in [3.63, 3.8) is 0 Å². The fraction of sp³-hybridized carbons (Fsp3) is 0.167. The lowest BCUT2D eigenvalue weighted by molar-refractivity contribution is -0.137. The van der Waals surface area contributed by atoms with Gasteiger partial charge in [-0.05, 0) is 30.3 Å². The first kappa shape index (κ1) is 18.9. The number of likely N-dealkylation sites (N-methyl/N-ethyl adjacent to an activating group) is 1. The molecule has 9 heteroatoms. The zero-order valence-corrected chi connectivity index (χ0v) is 14.6. The van der Waals surface area contributed by atoms with Crippen molar-refractivity contribution in [2.24, 2.45) is 0 Å². The number of rotatable bonds is 3. The fourth-order valence-corrected chi connectivity index (χ4v) is 2.95. The highest BCUT2D eigenvalue weighted by Crippen LogP contribution is 2.35. The summed E-state index contributed by atoms with van der Waals surface area (Å²) in [7, 11) is 1.22. The monoisotopic (exact) mass is 396 g/mol. The Morgan fingerprint density at radius 3 is 2.15 bits per heavy atom. The van der Waals surface area contributed by atoms with E-state index in [-0.39, 0.29) is 21.8 Å². The van der Waals surface area contributed by atoms with E-state index in [2.05, 4.69) is 0 Å². The lowest BCUT2D eigenvalue weighted by Gasteiger charge is -2.22. The van der Waals surface area contributed by atoms with Gasteiger partial charge in [-0.2, -0.15) is 13.2 Å². The van der Waals surface area contributed by atoms with Gasteiger partial charge in [-0.3, -0.25) is 19.3 Å². The standard InChI is InChI=1S/C18H12ClF3N2O3/c1-23(14-8-10(18(20,21)22)6-7-13(14)19)15(25)9-24-16(26)11-4-2-3-5-12(11)17(24)27/h2-8H,9H2,1H3. The van der Waals surface area contributed by atoms with Crippen LogP contribution in [-0.2, 0) is 11.0 Å². The average Bonchev–Trinajstić information content (AvgIpc) is 2.86. The molecule has 0 saturated heterocycles. The van der Waals surface area contributed by atoms with Crippen molar-refractivity contribution in [2.75, 3.05) is 18.5 Å². The second-order valence-electron chi connectivity index (χ2n) is 5.86. The summed E-state index contributed by atoms with van der Waals surface area (Å²) in [5, 5.41) is -0.0683. The summed E-state index contributed by atoms with van der Waals surface area (Å²) in [6.07, 6.45) is -4.61. The molecule has 0 N–H and O–H groups in total. The van der Waals surface area contributed by atoms with E-state index in [4.69, 9.17) is 11.6 Å². The highest BCUT2D eigenvalue weighted by Gasteiger charge is 2.37. The zero-order chi connectivity index (χ0) is 19.9. The first-order valence-electron chi connectivity index (χ1n) is 7.70. The Morgan fingerprint density at radius 1 is 1.07 bits per heavy atom. The number of hydrogen-bond donors (Lipinski definition) is 0. The van der Waals surface area contributed by atoms with Gasteiger partial charge in [0.25, 0.3) is 11.8 Å². The number of halogens is 4. The number of amides is 3. The van der Waals surface area contributed by atoms with Crippen LogP contribution in [0.15, 0.2) is 42.5 Å². The van der Waals surface area contributed by atoms with Crippen LogP contribution in [0.25, 0.3) is 0 Å². The summed E-state index contributed by atoms with van der Waals surface area (Å²) in [4.78, 5) is 38.8. The molecule has 1 aliphatic rings. The van der Waals surface area contributed by atoms with Gasteiger partial charge in [-0.25, -0.2) is 0 Å². The molecule has 2 aromatic carbocycles. The van der Waals surface area contributed by atoms with Crippen LogP contribution >= 0.6 is 11.6 Å². The smallest absolute Gasteiger partial charge is 0.312 e. The molecule has 0 fully saturated rings. The molecule has 5 nitrogen and oxygen atoms in total. The van der Waals surface area contributed by atoms with Gasteiger partial charge in [0.05, 0.1) is 27.4 Å². The van der Waals surface area contributed by atoms with Gasteiger partial charge in [0.2, 0.25) is 5.91 Å².